The Labute approximate surface area is 154 Å². The van der Waals surface area contributed by atoms with Crippen molar-refractivity contribution in [2.75, 3.05) is 5.32 Å². The molecule has 1 aromatic heterocycles. The molecule has 1 heterocycles. The number of hydrogen-bond acceptors (Lipinski definition) is 4. The number of anilines is 1. The van der Waals surface area contributed by atoms with Gasteiger partial charge in [-0.15, -0.1) is 0 Å². The van der Waals surface area contributed by atoms with Crippen LogP contribution < -0.4 is 5.32 Å². The number of aromatic nitrogens is 1. The van der Waals surface area contributed by atoms with Crippen molar-refractivity contribution in [2.24, 2.45) is 0 Å². The number of rotatable bonds is 6. The first-order chi connectivity index (χ1) is 12.4. The molecule has 0 aliphatic rings. The molecule has 0 amide bonds. The summed E-state index contributed by atoms with van der Waals surface area (Å²) in [5, 5.41) is 22.8. The lowest BCUT2D eigenvalue weighted by molar-refractivity contribution is -0.137. The second-order valence-corrected chi connectivity index (χ2v) is 6.19. The third kappa shape index (κ3) is 3.92. The highest BCUT2D eigenvalue weighted by Gasteiger charge is 2.22. The topological polar surface area (TPSA) is 99.5 Å². The number of aromatic carboxylic acids is 1. The fraction of sp³-hybridized carbons (Fsp3) is 0.105. The summed E-state index contributed by atoms with van der Waals surface area (Å²) in [4.78, 5) is 27.5. The second kappa shape index (κ2) is 7.41. The molecule has 6 nitrogen and oxygen atoms in total. The number of nitrogens with one attached hydrogen (secondary N) is 1. The number of nitrogens with zero attached hydrogens (tertiary/aromatic N) is 1. The zero-order chi connectivity index (χ0) is 18.7. The van der Waals surface area contributed by atoms with Crippen molar-refractivity contribution in [3.8, 4) is 0 Å². The van der Waals surface area contributed by atoms with Crippen LogP contribution >= 0.6 is 11.6 Å². The summed E-state index contributed by atoms with van der Waals surface area (Å²) in [7, 11) is 0. The van der Waals surface area contributed by atoms with Gasteiger partial charge in [0.2, 0.25) is 0 Å². The fourth-order valence-corrected chi connectivity index (χ4v) is 2.82. The maximum absolute atomic E-state index is 11.6. The van der Waals surface area contributed by atoms with Crippen LogP contribution in [0.3, 0.4) is 0 Å². The van der Waals surface area contributed by atoms with Gasteiger partial charge in [0.1, 0.15) is 17.4 Å². The third-order valence-corrected chi connectivity index (χ3v) is 4.13. The Balaban J connectivity index is 1.99. The van der Waals surface area contributed by atoms with Gasteiger partial charge in [0.25, 0.3) is 0 Å². The maximum Gasteiger partial charge on any atom is 0.339 e. The van der Waals surface area contributed by atoms with Gasteiger partial charge in [-0.2, -0.15) is 0 Å². The molecule has 132 valence electrons. The number of benzene rings is 2. The van der Waals surface area contributed by atoms with Crippen LogP contribution in [-0.4, -0.2) is 33.2 Å². The van der Waals surface area contributed by atoms with Gasteiger partial charge in [-0.25, -0.2) is 14.6 Å². The van der Waals surface area contributed by atoms with Crippen molar-refractivity contribution in [3.05, 3.63) is 70.7 Å². The van der Waals surface area contributed by atoms with E-state index in [2.05, 4.69) is 10.3 Å². The quantitative estimate of drug-likeness (QED) is 0.612. The van der Waals surface area contributed by atoms with Crippen LogP contribution in [0.5, 0.6) is 0 Å². The molecule has 0 saturated carbocycles. The molecule has 0 unspecified atom stereocenters. The van der Waals surface area contributed by atoms with E-state index in [1.54, 1.807) is 18.2 Å². The smallest absolute Gasteiger partial charge is 0.339 e. The summed E-state index contributed by atoms with van der Waals surface area (Å²) < 4.78 is 0. The SMILES string of the molecule is O=C(O)c1cc2cc(Cl)ccc2nc1N[C@H](Cc1ccccc1)C(=O)O. The molecule has 1 atom stereocenters. The van der Waals surface area contributed by atoms with E-state index in [0.717, 1.165) is 5.56 Å². The lowest BCUT2D eigenvalue weighted by Crippen LogP contribution is -2.32. The van der Waals surface area contributed by atoms with Gasteiger partial charge in [-0.05, 0) is 29.8 Å². The van der Waals surface area contributed by atoms with Gasteiger partial charge in [0.05, 0.1) is 5.52 Å². The van der Waals surface area contributed by atoms with Gasteiger partial charge in [-0.3, -0.25) is 0 Å². The van der Waals surface area contributed by atoms with Crippen molar-refractivity contribution < 1.29 is 19.8 Å². The summed E-state index contributed by atoms with van der Waals surface area (Å²) in [6.07, 6.45) is 0.190. The first kappa shape index (κ1) is 17.7. The van der Waals surface area contributed by atoms with Crippen molar-refractivity contribution in [1.82, 2.24) is 4.98 Å². The zero-order valence-electron chi connectivity index (χ0n) is 13.5. The number of aliphatic carboxylic acids is 1. The molecular formula is C19H15ClN2O4. The van der Waals surface area contributed by atoms with Gasteiger partial charge in [-0.1, -0.05) is 41.9 Å². The average Bonchev–Trinajstić information content (AvgIpc) is 2.61. The summed E-state index contributed by atoms with van der Waals surface area (Å²) >= 11 is 5.94. The first-order valence-electron chi connectivity index (χ1n) is 7.81. The summed E-state index contributed by atoms with van der Waals surface area (Å²) in [5.74, 6) is -2.29. The molecule has 0 fully saturated rings. The lowest BCUT2D eigenvalue weighted by Gasteiger charge is -2.17. The minimum Gasteiger partial charge on any atom is -0.480 e. The molecule has 7 heteroatoms. The van der Waals surface area contributed by atoms with Gasteiger partial charge in [0, 0.05) is 16.8 Å². The van der Waals surface area contributed by atoms with Crippen molar-refractivity contribution in [2.45, 2.75) is 12.5 Å². The van der Waals surface area contributed by atoms with E-state index in [0.29, 0.717) is 15.9 Å². The Hall–Kier alpha value is -3.12. The van der Waals surface area contributed by atoms with Crippen molar-refractivity contribution in [1.29, 1.82) is 0 Å². The summed E-state index contributed by atoms with van der Waals surface area (Å²) in [6, 6.07) is 14.4. The van der Waals surface area contributed by atoms with Crippen LogP contribution in [0, 0.1) is 0 Å². The number of carboxylic acid groups (broad SMARTS) is 2. The Kier molecular flexibility index (Phi) is 5.04. The second-order valence-electron chi connectivity index (χ2n) is 5.75. The monoisotopic (exact) mass is 370 g/mol. The van der Waals surface area contributed by atoms with Crippen LogP contribution in [0.4, 0.5) is 5.82 Å². The molecule has 3 rings (SSSR count). The van der Waals surface area contributed by atoms with Crippen LogP contribution in [0.2, 0.25) is 5.02 Å². The molecule has 0 bridgehead atoms. The van der Waals surface area contributed by atoms with E-state index in [1.807, 2.05) is 30.3 Å². The van der Waals surface area contributed by atoms with E-state index in [4.69, 9.17) is 11.6 Å². The highest BCUT2D eigenvalue weighted by Crippen LogP contribution is 2.24. The normalized spacial score (nSPS) is 11.9. The van der Waals surface area contributed by atoms with E-state index in [9.17, 15) is 19.8 Å². The summed E-state index contributed by atoms with van der Waals surface area (Å²) in [6.45, 7) is 0. The molecule has 3 N–H and O–H groups in total. The molecule has 0 saturated heterocycles. The minimum absolute atomic E-state index is 0.00986. The lowest BCUT2D eigenvalue weighted by atomic mass is 10.1. The maximum atomic E-state index is 11.6. The molecule has 2 aromatic carbocycles. The number of carbonyl (C=O) groups is 2. The molecule has 3 aromatic rings. The van der Waals surface area contributed by atoms with Crippen molar-refractivity contribution in [3.63, 3.8) is 0 Å². The van der Waals surface area contributed by atoms with E-state index in [-0.39, 0.29) is 17.8 Å². The molecular weight excluding hydrogens is 356 g/mol. The van der Waals surface area contributed by atoms with E-state index >= 15 is 0 Å². The van der Waals surface area contributed by atoms with Gasteiger partial charge in [0.15, 0.2) is 0 Å². The number of hydrogen-bond donors (Lipinski definition) is 3. The average molecular weight is 371 g/mol. The molecule has 26 heavy (non-hydrogen) atoms. The third-order valence-electron chi connectivity index (χ3n) is 3.90. The molecule has 0 radical (unpaired) electrons. The van der Waals surface area contributed by atoms with Crippen LogP contribution in [0.15, 0.2) is 54.6 Å². The van der Waals surface area contributed by atoms with Crippen molar-refractivity contribution >= 4 is 40.3 Å². The van der Waals surface area contributed by atoms with Crippen LogP contribution in [-0.2, 0) is 11.2 Å². The van der Waals surface area contributed by atoms with E-state index < -0.39 is 18.0 Å². The number of carboxylic acids is 2. The van der Waals surface area contributed by atoms with Crippen LogP contribution in [0.1, 0.15) is 15.9 Å². The van der Waals surface area contributed by atoms with Gasteiger partial charge >= 0.3 is 11.9 Å². The minimum atomic E-state index is -1.20. The van der Waals surface area contributed by atoms with E-state index in [1.165, 1.54) is 6.07 Å². The zero-order valence-corrected chi connectivity index (χ0v) is 14.3. The van der Waals surface area contributed by atoms with Gasteiger partial charge < -0.3 is 15.5 Å². The number of pyridine rings is 1. The largest absolute Gasteiger partial charge is 0.480 e. The van der Waals surface area contributed by atoms with Crippen LogP contribution in [0.25, 0.3) is 10.9 Å². The predicted octanol–water partition coefficient (Wildman–Crippen LogP) is 3.69. The molecule has 0 aliphatic carbocycles. The summed E-state index contributed by atoms with van der Waals surface area (Å²) in [5.41, 5.74) is 1.22. The number of halogens is 1. The Morgan fingerprint density at radius 3 is 2.46 bits per heavy atom. The Morgan fingerprint density at radius 2 is 1.81 bits per heavy atom. The Morgan fingerprint density at radius 1 is 1.08 bits per heavy atom. The fourth-order valence-electron chi connectivity index (χ4n) is 2.64. The highest BCUT2D eigenvalue weighted by atomic mass is 35.5. The molecule has 0 spiro atoms. The standard InChI is InChI=1S/C19H15ClN2O4/c20-13-6-7-15-12(9-13)10-14(18(23)24)17(21-15)22-16(19(25)26)8-11-4-2-1-3-5-11/h1-7,9-10,16H,8H2,(H,21,22)(H,23,24)(H,25,26)/t16-/m1/s1. The highest BCUT2D eigenvalue weighted by molar-refractivity contribution is 6.31. The Bertz CT molecular complexity index is 976. The predicted molar refractivity (Wildman–Crippen MR) is 98.9 cm³/mol. The first-order valence-corrected chi connectivity index (χ1v) is 8.18. The number of fused-ring (bicyclic) bond motifs is 1. The molecule has 0 aliphatic heterocycles.